The largest absolute Gasteiger partial charge is 0.481 e. The lowest BCUT2D eigenvalue weighted by atomic mass is 10.0. The number of carbonyl (C=O) groups excluding carboxylic acids is 1. The van der Waals surface area contributed by atoms with Crippen LogP contribution in [0.5, 0.6) is 0 Å². The van der Waals surface area contributed by atoms with Crippen molar-refractivity contribution in [3.8, 4) is 0 Å². The molecular formula is C38H72O4. The normalized spacial score (nSPS) is 12.2. The molecule has 42 heavy (non-hydrogen) atoms. The summed E-state index contributed by atoms with van der Waals surface area (Å²) in [7, 11) is 0. The number of carbonyl (C=O) groups is 2. The third-order valence-electron chi connectivity index (χ3n) is 8.47. The molecule has 0 heterocycles. The van der Waals surface area contributed by atoms with Crippen molar-refractivity contribution in [2.75, 3.05) is 0 Å². The highest BCUT2D eigenvalue weighted by atomic mass is 16.5. The second kappa shape index (κ2) is 34.2. The van der Waals surface area contributed by atoms with E-state index < -0.39 is 5.97 Å². The summed E-state index contributed by atoms with van der Waals surface area (Å²) in [6, 6.07) is 0. The van der Waals surface area contributed by atoms with Crippen LogP contribution in [-0.2, 0) is 14.3 Å². The first-order valence-corrected chi connectivity index (χ1v) is 18.7. The zero-order valence-corrected chi connectivity index (χ0v) is 28.3. The van der Waals surface area contributed by atoms with Crippen LogP contribution in [0, 0.1) is 0 Å². The lowest BCUT2D eigenvalue weighted by Gasteiger charge is -2.15. The number of rotatable bonds is 34. The van der Waals surface area contributed by atoms with Gasteiger partial charge in [0.15, 0.2) is 0 Å². The zero-order chi connectivity index (χ0) is 30.8. The molecule has 248 valence electrons. The monoisotopic (exact) mass is 593 g/mol. The lowest BCUT2D eigenvalue weighted by Crippen LogP contribution is -2.16. The predicted octanol–water partition coefficient (Wildman–Crippen LogP) is 12.7. The van der Waals surface area contributed by atoms with Gasteiger partial charge in [0.05, 0.1) is 0 Å². The molecule has 0 aliphatic carbocycles. The molecule has 0 aromatic carbocycles. The fourth-order valence-corrected chi connectivity index (χ4v) is 5.68. The first-order chi connectivity index (χ1) is 20.6. The second-order valence-electron chi connectivity index (χ2n) is 12.8. The Balaban J connectivity index is 3.83. The van der Waals surface area contributed by atoms with Crippen LogP contribution in [0.25, 0.3) is 0 Å². The minimum Gasteiger partial charge on any atom is -0.481 e. The maximum absolute atomic E-state index is 12.5. The van der Waals surface area contributed by atoms with Crippen LogP contribution in [0.1, 0.15) is 213 Å². The number of ether oxygens (including phenoxy) is 1. The fraction of sp³-hybridized carbons (Fsp3) is 0.895. The van der Waals surface area contributed by atoms with Gasteiger partial charge in [-0.2, -0.15) is 0 Å². The number of unbranched alkanes of at least 4 members (excludes halogenated alkanes) is 25. The van der Waals surface area contributed by atoms with Crippen molar-refractivity contribution < 1.29 is 19.4 Å². The molecule has 0 bridgehead atoms. The van der Waals surface area contributed by atoms with Gasteiger partial charge in [-0.25, -0.2) is 0 Å². The third-order valence-corrected chi connectivity index (χ3v) is 8.47. The highest BCUT2D eigenvalue weighted by molar-refractivity contribution is 5.69. The molecule has 1 unspecified atom stereocenters. The molecule has 4 heteroatoms. The van der Waals surface area contributed by atoms with Gasteiger partial charge in [0.25, 0.3) is 0 Å². The molecule has 0 spiro atoms. The summed E-state index contributed by atoms with van der Waals surface area (Å²) in [5.74, 6) is -0.779. The van der Waals surface area contributed by atoms with Gasteiger partial charge in [-0.05, 0) is 44.6 Å². The van der Waals surface area contributed by atoms with Crippen molar-refractivity contribution >= 4 is 11.9 Å². The van der Waals surface area contributed by atoms with Gasteiger partial charge in [-0.1, -0.05) is 168 Å². The molecule has 1 N–H and O–H groups in total. The standard InChI is InChI=1S/C38H72O4/c1-3-5-7-9-11-12-13-14-15-16-17-18-19-20-21-23-25-31-35-38(41)42-36(32-28-24-22-10-8-6-4-2)33-29-26-27-30-34-37(39)40/h28,32,36H,3-27,29-31,33-35H2,1-2H3,(H,39,40)/b32-28-. The van der Waals surface area contributed by atoms with E-state index >= 15 is 0 Å². The molecular weight excluding hydrogens is 520 g/mol. The average molecular weight is 593 g/mol. The number of hydrogen-bond donors (Lipinski definition) is 1. The number of esters is 1. The number of allylic oxidation sites excluding steroid dienone is 1. The second-order valence-corrected chi connectivity index (χ2v) is 12.8. The van der Waals surface area contributed by atoms with Crippen molar-refractivity contribution in [3.63, 3.8) is 0 Å². The molecule has 1 atom stereocenters. The van der Waals surface area contributed by atoms with E-state index in [-0.39, 0.29) is 18.5 Å². The van der Waals surface area contributed by atoms with Crippen LogP contribution in [-0.4, -0.2) is 23.1 Å². The summed E-state index contributed by atoms with van der Waals surface area (Å²) < 4.78 is 5.85. The van der Waals surface area contributed by atoms with Gasteiger partial charge < -0.3 is 9.84 Å². The minimum atomic E-state index is -0.719. The molecule has 0 aromatic heterocycles. The summed E-state index contributed by atoms with van der Waals surface area (Å²) in [5.41, 5.74) is 0. The topological polar surface area (TPSA) is 63.6 Å². The molecule has 0 amide bonds. The summed E-state index contributed by atoms with van der Waals surface area (Å²) in [6.45, 7) is 4.52. The van der Waals surface area contributed by atoms with Crippen LogP contribution in [0.2, 0.25) is 0 Å². The zero-order valence-electron chi connectivity index (χ0n) is 28.3. The van der Waals surface area contributed by atoms with Crippen molar-refractivity contribution in [1.82, 2.24) is 0 Å². The maximum Gasteiger partial charge on any atom is 0.306 e. The molecule has 0 rings (SSSR count). The van der Waals surface area contributed by atoms with Gasteiger partial charge in [0.1, 0.15) is 6.10 Å². The van der Waals surface area contributed by atoms with E-state index in [9.17, 15) is 9.59 Å². The van der Waals surface area contributed by atoms with Gasteiger partial charge in [-0.3, -0.25) is 9.59 Å². The Labute approximate surface area is 262 Å². The van der Waals surface area contributed by atoms with Crippen molar-refractivity contribution in [2.45, 2.75) is 219 Å². The van der Waals surface area contributed by atoms with E-state index in [2.05, 4.69) is 26.0 Å². The van der Waals surface area contributed by atoms with E-state index in [4.69, 9.17) is 9.84 Å². The first kappa shape index (κ1) is 40.7. The number of hydrogen-bond acceptors (Lipinski definition) is 3. The Hall–Kier alpha value is -1.32. The summed E-state index contributed by atoms with van der Waals surface area (Å²) >= 11 is 0. The van der Waals surface area contributed by atoms with Crippen LogP contribution in [0.15, 0.2) is 12.2 Å². The molecule has 4 nitrogen and oxygen atoms in total. The quantitative estimate of drug-likeness (QED) is 0.0458. The molecule has 0 radical (unpaired) electrons. The van der Waals surface area contributed by atoms with E-state index in [1.807, 2.05) is 0 Å². The average Bonchev–Trinajstić information content (AvgIpc) is 2.97. The van der Waals surface area contributed by atoms with E-state index in [1.54, 1.807) is 0 Å². The van der Waals surface area contributed by atoms with E-state index in [1.165, 1.54) is 135 Å². The smallest absolute Gasteiger partial charge is 0.306 e. The number of carboxylic acids is 1. The van der Waals surface area contributed by atoms with Crippen molar-refractivity contribution in [3.05, 3.63) is 12.2 Å². The molecule has 0 saturated carbocycles. The Bertz CT molecular complexity index is 600. The third kappa shape index (κ3) is 33.2. The van der Waals surface area contributed by atoms with Crippen molar-refractivity contribution in [1.29, 1.82) is 0 Å². The number of carboxylic acid groups (broad SMARTS) is 1. The van der Waals surface area contributed by atoms with E-state index in [0.29, 0.717) is 6.42 Å². The summed E-state index contributed by atoms with van der Waals surface area (Å²) in [5, 5.41) is 8.80. The van der Waals surface area contributed by atoms with Crippen LogP contribution >= 0.6 is 0 Å². The minimum absolute atomic E-state index is 0.0602. The van der Waals surface area contributed by atoms with Gasteiger partial charge in [0.2, 0.25) is 0 Å². The first-order valence-electron chi connectivity index (χ1n) is 18.7. The van der Waals surface area contributed by atoms with Crippen LogP contribution in [0.4, 0.5) is 0 Å². The summed E-state index contributed by atoms with van der Waals surface area (Å²) in [6.07, 6.45) is 41.1. The van der Waals surface area contributed by atoms with Gasteiger partial charge >= 0.3 is 11.9 Å². The Morgan fingerprint density at radius 3 is 1.36 bits per heavy atom. The van der Waals surface area contributed by atoms with Crippen molar-refractivity contribution in [2.24, 2.45) is 0 Å². The Kier molecular flexibility index (Phi) is 33.1. The lowest BCUT2D eigenvalue weighted by molar-refractivity contribution is -0.147. The van der Waals surface area contributed by atoms with E-state index in [0.717, 1.165) is 51.4 Å². The predicted molar refractivity (Wildman–Crippen MR) is 181 cm³/mol. The summed E-state index contributed by atoms with van der Waals surface area (Å²) in [4.78, 5) is 23.2. The molecule has 0 aromatic rings. The number of aliphatic carboxylic acids is 1. The van der Waals surface area contributed by atoms with Gasteiger partial charge in [0, 0.05) is 12.8 Å². The van der Waals surface area contributed by atoms with Crippen LogP contribution in [0.3, 0.4) is 0 Å². The molecule has 0 aliphatic rings. The Morgan fingerprint density at radius 2 is 0.905 bits per heavy atom. The SMILES string of the molecule is CCCCCCC/C=C\C(CCCCCCC(=O)O)OC(=O)CCCCCCCCCCCCCCCCCCCC. The molecule has 0 saturated heterocycles. The highest BCUT2D eigenvalue weighted by Crippen LogP contribution is 2.16. The van der Waals surface area contributed by atoms with Crippen LogP contribution < -0.4 is 0 Å². The molecule has 0 aliphatic heterocycles. The molecule has 0 fully saturated rings. The fourth-order valence-electron chi connectivity index (χ4n) is 5.68. The Morgan fingerprint density at radius 1 is 0.524 bits per heavy atom. The van der Waals surface area contributed by atoms with Gasteiger partial charge in [-0.15, -0.1) is 0 Å². The highest BCUT2D eigenvalue weighted by Gasteiger charge is 2.11. The maximum atomic E-state index is 12.5.